The summed E-state index contributed by atoms with van der Waals surface area (Å²) >= 11 is 5.13. The molecule has 0 bridgehead atoms. The summed E-state index contributed by atoms with van der Waals surface area (Å²) in [6.45, 7) is 5.53. The maximum Gasteiger partial charge on any atom is 0.205 e. The van der Waals surface area contributed by atoms with Gasteiger partial charge in [-0.05, 0) is 12.3 Å². The van der Waals surface area contributed by atoms with Crippen LogP contribution in [0.2, 0.25) is 0 Å². The van der Waals surface area contributed by atoms with Crippen LogP contribution in [0.15, 0.2) is 0 Å². The Morgan fingerprint density at radius 3 is 3.00 bits per heavy atom. The van der Waals surface area contributed by atoms with Crippen LogP contribution in [0.1, 0.15) is 26.1 Å². The lowest BCUT2D eigenvalue weighted by Gasteiger charge is -2.23. The van der Waals surface area contributed by atoms with E-state index in [-0.39, 0.29) is 0 Å². The number of aromatic nitrogens is 2. The zero-order chi connectivity index (χ0) is 10.8. The molecule has 0 saturated carbocycles. The zero-order valence-electron chi connectivity index (χ0n) is 9.11. The van der Waals surface area contributed by atoms with Crippen molar-refractivity contribution in [2.45, 2.75) is 32.7 Å². The molecular formula is C10H16BrN3S. The highest BCUT2D eigenvalue weighted by Crippen LogP contribution is 2.31. The van der Waals surface area contributed by atoms with Gasteiger partial charge in [0.25, 0.3) is 0 Å². The van der Waals surface area contributed by atoms with E-state index in [2.05, 4.69) is 44.0 Å². The Kier molecular flexibility index (Phi) is 3.61. The normalized spacial score (nSPS) is 26.2. The summed E-state index contributed by atoms with van der Waals surface area (Å²) in [7, 11) is 0. The van der Waals surface area contributed by atoms with Crippen molar-refractivity contribution in [3.63, 3.8) is 0 Å². The molecule has 2 rings (SSSR count). The second-order valence-corrected chi connectivity index (χ2v) is 5.41. The van der Waals surface area contributed by atoms with Gasteiger partial charge in [-0.1, -0.05) is 29.8 Å². The van der Waals surface area contributed by atoms with Gasteiger partial charge in [0.1, 0.15) is 5.82 Å². The predicted molar refractivity (Wildman–Crippen MR) is 68.0 cm³/mol. The lowest BCUT2D eigenvalue weighted by molar-refractivity contribution is 0.554. The SMILES string of the molecule is CCc1nsc(N2CCC(C)C2CBr)n1. The Morgan fingerprint density at radius 1 is 1.60 bits per heavy atom. The summed E-state index contributed by atoms with van der Waals surface area (Å²) in [6.07, 6.45) is 2.19. The molecule has 0 amide bonds. The van der Waals surface area contributed by atoms with E-state index >= 15 is 0 Å². The summed E-state index contributed by atoms with van der Waals surface area (Å²) in [4.78, 5) is 6.95. The number of halogens is 1. The summed E-state index contributed by atoms with van der Waals surface area (Å²) in [5, 5.41) is 2.12. The lowest BCUT2D eigenvalue weighted by atomic mass is 10.1. The van der Waals surface area contributed by atoms with Gasteiger partial charge in [0.05, 0.1) is 0 Å². The maximum atomic E-state index is 4.56. The third-order valence-electron chi connectivity index (χ3n) is 3.06. The molecule has 3 nitrogen and oxygen atoms in total. The summed E-state index contributed by atoms with van der Waals surface area (Å²) in [6, 6.07) is 0.586. The minimum atomic E-state index is 0.586. The van der Waals surface area contributed by atoms with Gasteiger partial charge in [-0.3, -0.25) is 0 Å². The van der Waals surface area contributed by atoms with E-state index in [9.17, 15) is 0 Å². The maximum absolute atomic E-state index is 4.56. The van der Waals surface area contributed by atoms with Crippen molar-refractivity contribution in [2.24, 2.45) is 5.92 Å². The topological polar surface area (TPSA) is 29.0 Å². The molecule has 0 aromatic carbocycles. The fourth-order valence-corrected chi connectivity index (χ4v) is 3.81. The minimum absolute atomic E-state index is 0.586. The van der Waals surface area contributed by atoms with E-state index in [1.807, 2.05) is 0 Å². The van der Waals surface area contributed by atoms with Crippen molar-refractivity contribution in [1.29, 1.82) is 0 Å². The van der Waals surface area contributed by atoms with Crippen molar-refractivity contribution in [1.82, 2.24) is 9.36 Å². The van der Waals surface area contributed by atoms with Crippen LogP contribution in [-0.4, -0.2) is 27.3 Å². The van der Waals surface area contributed by atoms with Crippen LogP contribution in [0.4, 0.5) is 5.13 Å². The average Bonchev–Trinajstić information content (AvgIpc) is 2.83. The molecular weight excluding hydrogens is 274 g/mol. The van der Waals surface area contributed by atoms with Crippen LogP contribution in [0, 0.1) is 5.92 Å². The van der Waals surface area contributed by atoms with E-state index in [1.54, 1.807) is 0 Å². The first-order valence-electron chi connectivity index (χ1n) is 5.41. The van der Waals surface area contributed by atoms with Crippen LogP contribution in [0.5, 0.6) is 0 Å². The average molecular weight is 290 g/mol. The Morgan fingerprint density at radius 2 is 2.40 bits per heavy atom. The van der Waals surface area contributed by atoms with Crippen LogP contribution in [0.3, 0.4) is 0 Å². The molecule has 1 aromatic rings. The van der Waals surface area contributed by atoms with Crippen molar-refractivity contribution in [2.75, 3.05) is 16.8 Å². The fourth-order valence-electron chi connectivity index (χ4n) is 1.99. The number of alkyl halides is 1. The summed E-state index contributed by atoms with van der Waals surface area (Å²) < 4.78 is 4.35. The van der Waals surface area contributed by atoms with Crippen molar-refractivity contribution in [3.05, 3.63) is 5.82 Å². The number of hydrogen-bond acceptors (Lipinski definition) is 4. The van der Waals surface area contributed by atoms with Crippen molar-refractivity contribution >= 4 is 32.6 Å². The van der Waals surface area contributed by atoms with Gasteiger partial charge in [0.15, 0.2) is 0 Å². The van der Waals surface area contributed by atoms with Gasteiger partial charge in [-0.2, -0.15) is 4.37 Å². The number of rotatable bonds is 3. The number of anilines is 1. The third-order valence-corrected chi connectivity index (χ3v) is 4.51. The highest BCUT2D eigenvalue weighted by atomic mass is 79.9. The molecule has 0 N–H and O–H groups in total. The molecule has 0 spiro atoms. The first kappa shape index (κ1) is 11.3. The second kappa shape index (κ2) is 4.78. The first-order valence-corrected chi connectivity index (χ1v) is 7.31. The van der Waals surface area contributed by atoms with Crippen molar-refractivity contribution in [3.8, 4) is 0 Å². The quantitative estimate of drug-likeness (QED) is 0.802. The van der Waals surface area contributed by atoms with Crippen LogP contribution < -0.4 is 4.90 Å². The predicted octanol–water partition coefficient (Wildman–Crippen LogP) is 2.71. The van der Waals surface area contributed by atoms with Gasteiger partial charge >= 0.3 is 0 Å². The second-order valence-electron chi connectivity index (χ2n) is 4.03. The summed E-state index contributed by atoms with van der Waals surface area (Å²) in [5.41, 5.74) is 0. The minimum Gasteiger partial charge on any atom is -0.343 e. The molecule has 0 radical (unpaired) electrons. The van der Waals surface area contributed by atoms with Gasteiger partial charge in [0.2, 0.25) is 5.13 Å². The van der Waals surface area contributed by atoms with Crippen LogP contribution >= 0.6 is 27.5 Å². The van der Waals surface area contributed by atoms with E-state index in [0.29, 0.717) is 6.04 Å². The van der Waals surface area contributed by atoms with Gasteiger partial charge in [-0.15, -0.1) is 0 Å². The molecule has 5 heteroatoms. The molecule has 84 valence electrons. The molecule has 1 fully saturated rings. The Balaban J connectivity index is 2.16. The van der Waals surface area contributed by atoms with Gasteiger partial charge in [0, 0.05) is 35.9 Å². The molecule has 2 heterocycles. The van der Waals surface area contributed by atoms with E-state index in [0.717, 1.165) is 35.2 Å². The Labute approximate surface area is 103 Å². The molecule has 1 aliphatic heterocycles. The third kappa shape index (κ3) is 2.18. The fraction of sp³-hybridized carbons (Fsp3) is 0.800. The molecule has 2 atom stereocenters. The van der Waals surface area contributed by atoms with E-state index in [4.69, 9.17) is 0 Å². The monoisotopic (exact) mass is 289 g/mol. The van der Waals surface area contributed by atoms with E-state index < -0.39 is 0 Å². The highest BCUT2D eigenvalue weighted by molar-refractivity contribution is 9.09. The van der Waals surface area contributed by atoms with Gasteiger partial charge < -0.3 is 4.90 Å². The van der Waals surface area contributed by atoms with Crippen LogP contribution in [0.25, 0.3) is 0 Å². The first-order chi connectivity index (χ1) is 7.26. The summed E-state index contributed by atoms with van der Waals surface area (Å²) in [5.74, 6) is 1.72. The van der Waals surface area contributed by atoms with E-state index in [1.165, 1.54) is 18.0 Å². The van der Waals surface area contributed by atoms with Crippen molar-refractivity contribution < 1.29 is 0 Å². The molecule has 1 aromatic heterocycles. The zero-order valence-corrected chi connectivity index (χ0v) is 11.5. The molecule has 1 saturated heterocycles. The highest BCUT2D eigenvalue weighted by Gasteiger charge is 2.32. The Hall–Kier alpha value is -0.160. The molecule has 1 aliphatic rings. The van der Waals surface area contributed by atoms with Crippen LogP contribution in [-0.2, 0) is 6.42 Å². The smallest absolute Gasteiger partial charge is 0.205 e. The number of hydrogen-bond donors (Lipinski definition) is 0. The van der Waals surface area contributed by atoms with Gasteiger partial charge in [-0.25, -0.2) is 4.98 Å². The largest absolute Gasteiger partial charge is 0.343 e. The molecule has 15 heavy (non-hydrogen) atoms. The standard InChI is InChI=1S/C10H16BrN3S/c1-3-9-12-10(15-13-9)14-5-4-7(2)8(14)6-11/h7-8H,3-6H2,1-2H3. The number of nitrogens with zero attached hydrogens (tertiary/aromatic N) is 3. The Bertz CT molecular complexity index is 328. The molecule has 2 unspecified atom stereocenters. The molecule has 0 aliphatic carbocycles. The lowest BCUT2D eigenvalue weighted by Crippen LogP contribution is -2.33. The number of aryl methyl sites for hydroxylation is 1.